The van der Waals surface area contributed by atoms with E-state index in [1.54, 1.807) is 19.3 Å². The largest absolute Gasteiger partial charge is 0.370 e. The Morgan fingerprint density at radius 1 is 1.32 bits per heavy atom. The van der Waals surface area contributed by atoms with Gasteiger partial charge in [-0.3, -0.25) is 9.40 Å². The molecule has 8 heteroatoms. The standard InChI is InChI=1S/C11H15N5O2S/c1-3-12-11-8-9(4-6-13-11)19(17,18)15-10-5-7-16(2)14-10/h4-8H,3H2,1-2H3,(H,12,13)(H,14,15). The van der Waals surface area contributed by atoms with Gasteiger partial charge in [-0.2, -0.15) is 5.10 Å². The van der Waals surface area contributed by atoms with Crippen LogP contribution in [0.2, 0.25) is 0 Å². The van der Waals surface area contributed by atoms with Crippen LogP contribution in [0.25, 0.3) is 0 Å². The Hall–Kier alpha value is -2.09. The molecular weight excluding hydrogens is 266 g/mol. The Labute approximate surface area is 111 Å². The highest BCUT2D eigenvalue weighted by Crippen LogP contribution is 2.16. The number of nitrogens with one attached hydrogen (secondary N) is 2. The van der Waals surface area contributed by atoms with E-state index >= 15 is 0 Å². The van der Waals surface area contributed by atoms with Gasteiger partial charge in [-0.1, -0.05) is 0 Å². The molecule has 0 atom stereocenters. The van der Waals surface area contributed by atoms with Gasteiger partial charge in [-0.15, -0.1) is 0 Å². The number of aromatic nitrogens is 3. The molecule has 0 aliphatic rings. The third kappa shape index (κ3) is 3.22. The topological polar surface area (TPSA) is 88.9 Å². The number of anilines is 2. The molecule has 0 amide bonds. The fourth-order valence-electron chi connectivity index (χ4n) is 1.52. The maximum atomic E-state index is 12.2. The first kappa shape index (κ1) is 13.3. The third-order valence-electron chi connectivity index (χ3n) is 2.35. The second-order valence-corrected chi connectivity index (χ2v) is 5.57. The van der Waals surface area contributed by atoms with E-state index in [9.17, 15) is 8.42 Å². The molecule has 0 saturated carbocycles. The van der Waals surface area contributed by atoms with Gasteiger partial charge in [0.2, 0.25) is 0 Å². The second kappa shape index (κ2) is 5.27. The van der Waals surface area contributed by atoms with Gasteiger partial charge in [0.25, 0.3) is 10.0 Å². The van der Waals surface area contributed by atoms with Crippen molar-refractivity contribution in [3.8, 4) is 0 Å². The monoisotopic (exact) mass is 281 g/mol. The summed E-state index contributed by atoms with van der Waals surface area (Å²) in [7, 11) is -1.93. The summed E-state index contributed by atoms with van der Waals surface area (Å²) in [5.41, 5.74) is 0. The van der Waals surface area contributed by atoms with Gasteiger partial charge in [-0.25, -0.2) is 13.4 Å². The van der Waals surface area contributed by atoms with Crippen LogP contribution in [0.15, 0.2) is 35.5 Å². The minimum Gasteiger partial charge on any atom is -0.370 e. The van der Waals surface area contributed by atoms with Crippen molar-refractivity contribution in [2.24, 2.45) is 7.05 Å². The minimum absolute atomic E-state index is 0.143. The SMILES string of the molecule is CCNc1cc(S(=O)(=O)Nc2ccn(C)n2)ccn1. The third-order valence-corrected chi connectivity index (χ3v) is 3.70. The maximum absolute atomic E-state index is 12.2. The minimum atomic E-state index is -3.65. The molecule has 0 aliphatic heterocycles. The quantitative estimate of drug-likeness (QED) is 0.855. The van der Waals surface area contributed by atoms with Crippen LogP contribution in [0.3, 0.4) is 0 Å². The number of pyridine rings is 1. The molecular formula is C11H15N5O2S. The van der Waals surface area contributed by atoms with E-state index < -0.39 is 10.0 Å². The van der Waals surface area contributed by atoms with Gasteiger partial charge in [0.15, 0.2) is 5.82 Å². The van der Waals surface area contributed by atoms with Crippen LogP contribution in [0.1, 0.15) is 6.92 Å². The molecule has 2 aromatic heterocycles. The Balaban J connectivity index is 2.26. The summed E-state index contributed by atoms with van der Waals surface area (Å²) < 4.78 is 28.2. The van der Waals surface area contributed by atoms with Crippen molar-refractivity contribution in [2.45, 2.75) is 11.8 Å². The zero-order chi connectivity index (χ0) is 13.9. The molecule has 102 valence electrons. The number of rotatable bonds is 5. The molecule has 0 aromatic carbocycles. The lowest BCUT2D eigenvalue weighted by molar-refractivity contribution is 0.600. The van der Waals surface area contributed by atoms with E-state index in [1.807, 2.05) is 6.92 Å². The van der Waals surface area contributed by atoms with Crippen LogP contribution in [0, 0.1) is 0 Å². The predicted molar refractivity (Wildman–Crippen MR) is 72.4 cm³/mol. The van der Waals surface area contributed by atoms with Crippen molar-refractivity contribution in [3.05, 3.63) is 30.6 Å². The first-order chi connectivity index (χ1) is 9.01. The van der Waals surface area contributed by atoms with Gasteiger partial charge in [0.05, 0.1) is 4.90 Å². The smallest absolute Gasteiger partial charge is 0.263 e. The number of aryl methyl sites for hydroxylation is 1. The Morgan fingerprint density at radius 3 is 2.74 bits per heavy atom. The number of sulfonamides is 1. The number of hydrogen-bond donors (Lipinski definition) is 2. The van der Waals surface area contributed by atoms with E-state index in [0.29, 0.717) is 12.4 Å². The van der Waals surface area contributed by atoms with Crippen molar-refractivity contribution >= 4 is 21.7 Å². The normalized spacial score (nSPS) is 11.3. The van der Waals surface area contributed by atoms with Crippen molar-refractivity contribution in [1.29, 1.82) is 0 Å². The first-order valence-electron chi connectivity index (χ1n) is 5.73. The van der Waals surface area contributed by atoms with E-state index in [2.05, 4.69) is 20.1 Å². The number of hydrogen-bond acceptors (Lipinski definition) is 5. The van der Waals surface area contributed by atoms with E-state index in [1.165, 1.54) is 23.0 Å². The molecule has 19 heavy (non-hydrogen) atoms. The predicted octanol–water partition coefficient (Wildman–Crippen LogP) is 1.05. The fourth-order valence-corrected chi connectivity index (χ4v) is 2.53. The molecule has 0 bridgehead atoms. The summed E-state index contributed by atoms with van der Waals surface area (Å²) in [4.78, 5) is 4.17. The highest BCUT2D eigenvalue weighted by atomic mass is 32.2. The van der Waals surface area contributed by atoms with Crippen LogP contribution < -0.4 is 10.0 Å². The lowest BCUT2D eigenvalue weighted by atomic mass is 10.4. The summed E-state index contributed by atoms with van der Waals surface area (Å²) in [6.45, 7) is 2.58. The fraction of sp³-hybridized carbons (Fsp3) is 0.273. The molecule has 0 fully saturated rings. The highest BCUT2D eigenvalue weighted by Gasteiger charge is 2.16. The van der Waals surface area contributed by atoms with E-state index in [0.717, 1.165) is 0 Å². The van der Waals surface area contributed by atoms with E-state index in [-0.39, 0.29) is 10.7 Å². The summed E-state index contributed by atoms with van der Waals surface area (Å²) in [6, 6.07) is 4.50. The zero-order valence-electron chi connectivity index (χ0n) is 10.7. The summed E-state index contributed by atoms with van der Waals surface area (Å²) >= 11 is 0. The Morgan fingerprint density at radius 2 is 2.11 bits per heavy atom. The van der Waals surface area contributed by atoms with Gasteiger partial charge in [-0.05, 0) is 13.0 Å². The van der Waals surface area contributed by atoms with Crippen molar-refractivity contribution < 1.29 is 8.42 Å². The number of nitrogens with zero attached hydrogens (tertiary/aromatic N) is 3. The van der Waals surface area contributed by atoms with Gasteiger partial charge in [0.1, 0.15) is 5.82 Å². The zero-order valence-corrected chi connectivity index (χ0v) is 11.5. The van der Waals surface area contributed by atoms with Crippen LogP contribution >= 0.6 is 0 Å². The van der Waals surface area contributed by atoms with Crippen LogP contribution in [-0.2, 0) is 17.1 Å². The molecule has 0 radical (unpaired) electrons. The van der Waals surface area contributed by atoms with Crippen molar-refractivity contribution in [2.75, 3.05) is 16.6 Å². The van der Waals surface area contributed by atoms with Gasteiger partial charge < -0.3 is 5.32 Å². The second-order valence-electron chi connectivity index (χ2n) is 3.89. The molecule has 2 aromatic rings. The lowest BCUT2D eigenvalue weighted by Gasteiger charge is -2.07. The van der Waals surface area contributed by atoms with Crippen molar-refractivity contribution in [3.63, 3.8) is 0 Å². The average Bonchev–Trinajstić information content (AvgIpc) is 2.75. The highest BCUT2D eigenvalue weighted by molar-refractivity contribution is 7.92. The molecule has 2 heterocycles. The molecule has 7 nitrogen and oxygen atoms in total. The average molecular weight is 281 g/mol. The van der Waals surface area contributed by atoms with Crippen LogP contribution in [0.4, 0.5) is 11.6 Å². The van der Waals surface area contributed by atoms with Crippen molar-refractivity contribution in [1.82, 2.24) is 14.8 Å². The van der Waals surface area contributed by atoms with Gasteiger partial charge >= 0.3 is 0 Å². The van der Waals surface area contributed by atoms with E-state index in [4.69, 9.17) is 0 Å². The first-order valence-corrected chi connectivity index (χ1v) is 7.22. The summed E-state index contributed by atoms with van der Waals surface area (Å²) in [6.07, 6.45) is 3.11. The molecule has 2 N–H and O–H groups in total. The molecule has 0 aliphatic carbocycles. The maximum Gasteiger partial charge on any atom is 0.263 e. The lowest BCUT2D eigenvalue weighted by Crippen LogP contribution is -2.14. The molecule has 0 saturated heterocycles. The summed E-state index contributed by atoms with van der Waals surface area (Å²) in [5, 5.41) is 6.94. The molecule has 2 rings (SSSR count). The van der Waals surface area contributed by atoms with Crippen LogP contribution in [0.5, 0.6) is 0 Å². The van der Waals surface area contributed by atoms with Crippen LogP contribution in [-0.4, -0.2) is 29.7 Å². The molecule has 0 spiro atoms. The Bertz CT molecular complexity index is 665. The molecule has 0 unspecified atom stereocenters. The summed E-state index contributed by atoms with van der Waals surface area (Å²) in [5.74, 6) is 0.802. The Kier molecular flexibility index (Phi) is 3.70. The van der Waals surface area contributed by atoms with Gasteiger partial charge in [0, 0.05) is 38.1 Å².